The van der Waals surface area contributed by atoms with Crippen molar-refractivity contribution in [1.29, 1.82) is 0 Å². The lowest BCUT2D eigenvalue weighted by Crippen LogP contribution is -2.19. The lowest BCUT2D eigenvalue weighted by atomic mass is 10.1. The van der Waals surface area contributed by atoms with Crippen molar-refractivity contribution >= 4 is 23.0 Å². The van der Waals surface area contributed by atoms with Gasteiger partial charge in [0.25, 0.3) is 0 Å². The summed E-state index contributed by atoms with van der Waals surface area (Å²) < 4.78 is 0. The fourth-order valence-electron chi connectivity index (χ4n) is 3.47. The Labute approximate surface area is 162 Å². The molecule has 0 saturated heterocycles. The number of amidine groups is 2. The first-order valence-electron chi connectivity index (χ1n) is 9.25. The molecule has 2 N–H and O–H groups in total. The van der Waals surface area contributed by atoms with Crippen LogP contribution >= 0.6 is 11.3 Å². The van der Waals surface area contributed by atoms with Crippen molar-refractivity contribution in [3.8, 4) is 20.9 Å². The SMILES string of the molecule is c1cc(C2=NCCN2)cc(-c2ccc(-c3cccc(C4=NCCN4)c3)s2)c1. The monoisotopic (exact) mass is 372 g/mol. The molecule has 2 aliphatic rings. The first-order valence-corrected chi connectivity index (χ1v) is 10.1. The average molecular weight is 372 g/mol. The molecule has 1 aromatic heterocycles. The second-order valence-electron chi connectivity index (χ2n) is 6.64. The number of hydrogen-bond donors (Lipinski definition) is 2. The highest BCUT2D eigenvalue weighted by molar-refractivity contribution is 7.18. The van der Waals surface area contributed by atoms with Crippen LogP contribution in [-0.4, -0.2) is 37.9 Å². The van der Waals surface area contributed by atoms with E-state index in [1.54, 1.807) is 0 Å². The van der Waals surface area contributed by atoms with Crippen molar-refractivity contribution in [2.75, 3.05) is 26.2 Å². The molecule has 0 saturated carbocycles. The molecule has 0 fully saturated rings. The van der Waals surface area contributed by atoms with Crippen molar-refractivity contribution in [2.24, 2.45) is 9.98 Å². The zero-order valence-corrected chi connectivity index (χ0v) is 15.7. The van der Waals surface area contributed by atoms with Crippen LogP contribution in [-0.2, 0) is 0 Å². The maximum atomic E-state index is 4.53. The highest BCUT2D eigenvalue weighted by Crippen LogP contribution is 2.35. The standard InChI is InChI=1S/C22H20N4S/c1-3-15(13-17(5-1)21-23-9-10-24-21)19-7-8-20(27-19)16-4-2-6-18(14-16)22-25-11-12-26-22/h1-8,13-14H,9-12H2,(H,23,24)(H,25,26). The van der Waals surface area contributed by atoms with E-state index in [4.69, 9.17) is 0 Å². The molecule has 0 bridgehead atoms. The third-order valence-electron chi connectivity index (χ3n) is 4.80. The van der Waals surface area contributed by atoms with E-state index in [2.05, 4.69) is 81.3 Å². The highest BCUT2D eigenvalue weighted by atomic mass is 32.1. The molecule has 3 aromatic rings. The van der Waals surface area contributed by atoms with Crippen LogP contribution in [0.3, 0.4) is 0 Å². The molecule has 5 heteroatoms. The van der Waals surface area contributed by atoms with Crippen LogP contribution in [0.5, 0.6) is 0 Å². The van der Waals surface area contributed by atoms with E-state index in [1.165, 1.54) is 20.9 Å². The Balaban J connectivity index is 1.45. The smallest absolute Gasteiger partial charge is 0.128 e. The lowest BCUT2D eigenvalue weighted by molar-refractivity contribution is 0.960. The van der Waals surface area contributed by atoms with Gasteiger partial charge in [-0.3, -0.25) is 9.98 Å². The Morgan fingerprint density at radius 2 is 1.11 bits per heavy atom. The predicted octanol–water partition coefficient (Wildman–Crippen LogP) is 3.78. The number of thiophene rings is 1. The summed E-state index contributed by atoms with van der Waals surface area (Å²) in [5, 5.41) is 6.70. The van der Waals surface area contributed by atoms with Gasteiger partial charge < -0.3 is 10.6 Å². The number of nitrogens with zero attached hydrogens (tertiary/aromatic N) is 2. The maximum absolute atomic E-state index is 4.53. The minimum Gasteiger partial charge on any atom is -0.368 e. The van der Waals surface area contributed by atoms with E-state index in [9.17, 15) is 0 Å². The second kappa shape index (κ2) is 7.00. The van der Waals surface area contributed by atoms with Gasteiger partial charge in [0.1, 0.15) is 11.7 Å². The summed E-state index contributed by atoms with van der Waals surface area (Å²) in [4.78, 5) is 11.6. The van der Waals surface area contributed by atoms with Gasteiger partial charge in [-0.2, -0.15) is 0 Å². The predicted molar refractivity (Wildman–Crippen MR) is 114 cm³/mol. The van der Waals surface area contributed by atoms with E-state index in [0.29, 0.717) is 0 Å². The molecule has 134 valence electrons. The fourth-order valence-corrected chi connectivity index (χ4v) is 4.47. The van der Waals surface area contributed by atoms with Gasteiger partial charge in [-0.25, -0.2) is 0 Å². The van der Waals surface area contributed by atoms with Crippen LogP contribution in [0, 0.1) is 0 Å². The normalized spacial score (nSPS) is 15.9. The minimum absolute atomic E-state index is 0.860. The van der Waals surface area contributed by atoms with E-state index >= 15 is 0 Å². The molecule has 0 atom stereocenters. The van der Waals surface area contributed by atoms with Gasteiger partial charge in [0.2, 0.25) is 0 Å². The Hall–Kier alpha value is -2.92. The zero-order valence-electron chi connectivity index (χ0n) is 14.9. The van der Waals surface area contributed by atoms with Crippen LogP contribution < -0.4 is 10.6 Å². The zero-order chi connectivity index (χ0) is 18.1. The Morgan fingerprint density at radius 1 is 0.630 bits per heavy atom. The molecule has 4 nitrogen and oxygen atoms in total. The molecular formula is C22H20N4S. The Morgan fingerprint density at radius 3 is 1.56 bits per heavy atom. The summed E-state index contributed by atoms with van der Waals surface area (Å²) >= 11 is 1.82. The van der Waals surface area contributed by atoms with Crippen LogP contribution in [0.25, 0.3) is 20.9 Å². The first-order chi connectivity index (χ1) is 13.4. The Kier molecular flexibility index (Phi) is 4.22. The fraction of sp³-hybridized carbons (Fsp3) is 0.182. The summed E-state index contributed by atoms with van der Waals surface area (Å²) in [7, 11) is 0. The van der Waals surface area contributed by atoms with Gasteiger partial charge in [0.15, 0.2) is 0 Å². The van der Waals surface area contributed by atoms with Gasteiger partial charge in [-0.1, -0.05) is 36.4 Å². The minimum atomic E-state index is 0.860. The van der Waals surface area contributed by atoms with E-state index in [-0.39, 0.29) is 0 Å². The highest BCUT2D eigenvalue weighted by Gasteiger charge is 2.12. The van der Waals surface area contributed by atoms with Crippen LogP contribution in [0.4, 0.5) is 0 Å². The number of nitrogens with one attached hydrogen (secondary N) is 2. The van der Waals surface area contributed by atoms with Crippen molar-refractivity contribution < 1.29 is 0 Å². The number of hydrogen-bond acceptors (Lipinski definition) is 5. The van der Waals surface area contributed by atoms with E-state index in [1.807, 2.05) is 11.3 Å². The quantitative estimate of drug-likeness (QED) is 0.732. The molecule has 2 aromatic carbocycles. The largest absolute Gasteiger partial charge is 0.368 e. The van der Waals surface area contributed by atoms with Crippen molar-refractivity contribution in [3.05, 3.63) is 71.8 Å². The molecule has 27 heavy (non-hydrogen) atoms. The summed E-state index contributed by atoms with van der Waals surface area (Å²) in [5.41, 5.74) is 4.79. The number of rotatable bonds is 4. The van der Waals surface area contributed by atoms with Crippen molar-refractivity contribution in [1.82, 2.24) is 10.6 Å². The summed E-state index contributed by atoms with van der Waals surface area (Å²) in [6.07, 6.45) is 0. The van der Waals surface area contributed by atoms with Gasteiger partial charge >= 0.3 is 0 Å². The van der Waals surface area contributed by atoms with Crippen LogP contribution in [0.15, 0.2) is 70.6 Å². The lowest BCUT2D eigenvalue weighted by Gasteiger charge is -2.05. The molecular weight excluding hydrogens is 352 g/mol. The second-order valence-corrected chi connectivity index (χ2v) is 7.72. The molecule has 0 spiro atoms. The topological polar surface area (TPSA) is 48.8 Å². The van der Waals surface area contributed by atoms with Crippen molar-refractivity contribution in [2.45, 2.75) is 0 Å². The molecule has 5 rings (SSSR count). The molecule has 0 unspecified atom stereocenters. The van der Waals surface area contributed by atoms with Crippen molar-refractivity contribution in [3.63, 3.8) is 0 Å². The van der Waals surface area contributed by atoms with Gasteiger partial charge in [0, 0.05) is 34.0 Å². The molecule has 0 amide bonds. The number of benzene rings is 2. The summed E-state index contributed by atoms with van der Waals surface area (Å²) in [6.45, 7) is 3.58. The molecule has 2 aliphatic heterocycles. The summed E-state index contributed by atoms with van der Waals surface area (Å²) in [6, 6.07) is 21.7. The Bertz CT molecular complexity index is 966. The van der Waals surface area contributed by atoms with Gasteiger partial charge in [-0.15, -0.1) is 11.3 Å². The van der Waals surface area contributed by atoms with E-state index < -0.39 is 0 Å². The molecule has 3 heterocycles. The average Bonchev–Trinajstić information content (AvgIpc) is 3.51. The van der Waals surface area contributed by atoms with Crippen LogP contribution in [0.1, 0.15) is 11.1 Å². The maximum Gasteiger partial charge on any atom is 0.128 e. The van der Waals surface area contributed by atoms with Gasteiger partial charge in [-0.05, 0) is 35.4 Å². The van der Waals surface area contributed by atoms with E-state index in [0.717, 1.165) is 49.0 Å². The third kappa shape index (κ3) is 3.26. The first kappa shape index (κ1) is 16.3. The summed E-state index contributed by atoms with van der Waals surface area (Å²) in [5.74, 6) is 2.01. The molecule has 0 aliphatic carbocycles. The number of aliphatic imine (C=N–C) groups is 2. The third-order valence-corrected chi connectivity index (χ3v) is 5.98. The molecule has 0 radical (unpaired) electrons. The van der Waals surface area contributed by atoms with Crippen LogP contribution in [0.2, 0.25) is 0 Å². The van der Waals surface area contributed by atoms with Gasteiger partial charge in [0.05, 0.1) is 13.1 Å².